The van der Waals surface area contributed by atoms with Crippen LogP contribution in [0.5, 0.6) is 0 Å². The highest BCUT2D eigenvalue weighted by Crippen LogP contribution is 2.23. The largest absolute Gasteiger partial charge is 0.248 e. The van der Waals surface area contributed by atoms with Crippen LogP contribution in [0.4, 0.5) is 0 Å². The average Bonchev–Trinajstić information content (AvgIpc) is 3.04. The molecule has 0 amide bonds. The Morgan fingerprint density at radius 2 is 1.59 bits per heavy atom. The summed E-state index contributed by atoms with van der Waals surface area (Å²) >= 11 is 3.51. The van der Waals surface area contributed by atoms with Gasteiger partial charge in [0.1, 0.15) is 0 Å². The average molecular weight is 346 g/mol. The van der Waals surface area contributed by atoms with E-state index in [0.29, 0.717) is 0 Å². The molecule has 2 heteroatoms. The molecule has 0 saturated carbocycles. The highest BCUT2D eigenvalue weighted by Gasteiger charge is 2.02. The minimum atomic E-state index is 0.237. The molecule has 0 atom stereocenters. The molecule has 1 heterocycles. The lowest BCUT2D eigenvalue weighted by Gasteiger charge is -2.03. The van der Waals surface area contributed by atoms with Gasteiger partial charge in [0.05, 0.1) is 17.0 Å². The molecule has 0 bridgehead atoms. The van der Waals surface area contributed by atoms with Crippen molar-refractivity contribution in [1.29, 1.82) is 0 Å². The molecule has 1 nitrogen and oxygen atoms in total. The number of nitrogens with zero attached hydrogens (tertiary/aromatic N) is 1. The molecule has 1 aliphatic carbocycles. The summed E-state index contributed by atoms with van der Waals surface area (Å²) in [6, 6.07) is 14.5. The van der Waals surface area contributed by atoms with Gasteiger partial charge in [-0.05, 0) is 42.5 Å². The first-order valence-corrected chi connectivity index (χ1v) is 7.94. The van der Waals surface area contributed by atoms with Gasteiger partial charge in [-0.3, -0.25) is 0 Å². The molecule has 0 spiro atoms. The summed E-state index contributed by atoms with van der Waals surface area (Å²) in [5, 5.41) is 2.25. The van der Waals surface area contributed by atoms with Gasteiger partial charge in [-0.1, -0.05) is 52.1 Å². The van der Waals surface area contributed by atoms with Gasteiger partial charge in [-0.2, -0.15) is 0 Å². The molecule has 1 aromatic heterocycles. The van der Waals surface area contributed by atoms with Crippen molar-refractivity contribution in [3.8, 4) is 11.8 Å². The lowest BCUT2D eigenvalue weighted by molar-refractivity contribution is 1.15. The van der Waals surface area contributed by atoms with E-state index in [2.05, 4.69) is 58.1 Å². The Bertz CT molecular complexity index is 991. The minimum absolute atomic E-state index is 0.237. The zero-order valence-electron chi connectivity index (χ0n) is 11.8. The van der Waals surface area contributed by atoms with Crippen LogP contribution in [0.1, 0.15) is 5.56 Å². The summed E-state index contributed by atoms with van der Waals surface area (Å²) in [5.74, 6) is 6.74. The maximum absolute atomic E-state index is 4.71. The van der Waals surface area contributed by atoms with E-state index in [4.69, 9.17) is 4.98 Å². The van der Waals surface area contributed by atoms with E-state index >= 15 is 0 Å². The maximum Gasteiger partial charge on any atom is 0.0710 e. The zero-order chi connectivity index (χ0) is 14.9. The Kier molecular flexibility index (Phi) is 3.29. The number of rotatable bonds is 0. The van der Waals surface area contributed by atoms with Gasteiger partial charge in [0.15, 0.2) is 0 Å². The number of pyridine rings is 1. The van der Waals surface area contributed by atoms with Crippen molar-refractivity contribution in [2.45, 2.75) is 0 Å². The maximum atomic E-state index is 4.71. The van der Waals surface area contributed by atoms with Crippen LogP contribution in [0.25, 0.3) is 21.8 Å². The van der Waals surface area contributed by atoms with Gasteiger partial charge in [0, 0.05) is 20.8 Å². The molecule has 22 heavy (non-hydrogen) atoms. The van der Waals surface area contributed by atoms with Crippen molar-refractivity contribution >= 4 is 37.7 Å². The van der Waals surface area contributed by atoms with Gasteiger partial charge >= 0.3 is 0 Å². The molecule has 0 radical (unpaired) electrons. The van der Waals surface area contributed by atoms with Gasteiger partial charge in [-0.15, -0.1) is 0 Å². The topological polar surface area (TPSA) is 12.9 Å². The number of halogens is 1. The molecule has 0 saturated heterocycles. The third-order valence-corrected chi connectivity index (χ3v) is 4.19. The highest BCUT2D eigenvalue weighted by atomic mass is 79.9. The molecule has 0 unspecified atom stereocenters. The third-order valence-electron chi connectivity index (χ3n) is 3.70. The highest BCUT2D eigenvalue weighted by molar-refractivity contribution is 9.10. The van der Waals surface area contributed by atoms with Crippen LogP contribution < -0.4 is 0 Å². The van der Waals surface area contributed by atoms with Gasteiger partial charge in [0.2, 0.25) is 0 Å². The molecule has 0 N–H and O–H groups in total. The van der Waals surface area contributed by atoms with Crippen LogP contribution in [0, 0.1) is 17.8 Å². The second-order valence-electron chi connectivity index (χ2n) is 5.30. The fourth-order valence-corrected chi connectivity index (χ4v) is 2.96. The van der Waals surface area contributed by atoms with E-state index in [1.54, 1.807) is 0 Å². The van der Waals surface area contributed by atoms with Crippen molar-refractivity contribution in [1.82, 2.24) is 4.98 Å². The molecule has 1 aliphatic rings. The van der Waals surface area contributed by atoms with E-state index in [9.17, 15) is 0 Å². The molecule has 0 aliphatic heterocycles. The van der Waals surface area contributed by atoms with E-state index in [0.717, 1.165) is 31.8 Å². The van der Waals surface area contributed by atoms with E-state index in [-0.39, 0.29) is 5.92 Å². The Morgan fingerprint density at radius 1 is 0.864 bits per heavy atom. The van der Waals surface area contributed by atoms with Gasteiger partial charge in [-0.25, -0.2) is 4.98 Å². The zero-order valence-corrected chi connectivity index (χ0v) is 13.3. The Balaban J connectivity index is 1.80. The van der Waals surface area contributed by atoms with Crippen LogP contribution in [-0.2, 0) is 0 Å². The molecular weight excluding hydrogens is 334 g/mol. The smallest absolute Gasteiger partial charge is 0.0710 e. The number of hydrogen-bond donors (Lipinski definition) is 0. The van der Waals surface area contributed by atoms with E-state index in [1.165, 1.54) is 0 Å². The molecule has 104 valence electrons. The van der Waals surface area contributed by atoms with E-state index in [1.807, 2.05) is 36.4 Å². The lowest BCUT2D eigenvalue weighted by Crippen LogP contribution is -1.85. The van der Waals surface area contributed by atoms with Crippen LogP contribution in [-0.4, -0.2) is 4.98 Å². The number of hydrogen-bond acceptors (Lipinski definition) is 1. The van der Waals surface area contributed by atoms with Gasteiger partial charge < -0.3 is 0 Å². The Labute approximate surface area is 137 Å². The molecule has 0 fully saturated rings. The number of allylic oxidation sites excluding steroid dienone is 4. The first-order valence-electron chi connectivity index (χ1n) is 7.14. The summed E-state index contributed by atoms with van der Waals surface area (Å²) in [6.07, 6.45) is 8.27. The van der Waals surface area contributed by atoms with Crippen molar-refractivity contribution in [2.24, 2.45) is 5.92 Å². The quantitative estimate of drug-likeness (QED) is 0.400. The van der Waals surface area contributed by atoms with Crippen LogP contribution in [0.2, 0.25) is 0 Å². The van der Waals surface area contributed by atoms with Crippen molar-refractivity contribution in [3.05, 3.63) is 76.8 Å². The second kappa shape index (κ2) is 5.44. The standard InChI is InChI=1S/C20H12BrN/c21-18-8-10-20-17(13-18)12-16-11-15(7-9-19(16)22-20)6-5-14-3-1-2-4-14/h1-4,7-14H. The fourth-order valence-electron chi connectivity index (χ4n) is 2.58. The van der Waals surface area contributed by atoms with Crippen LogP contribution in [0.3, 0.4) is 0 Å². The predicted octanol–water partition coefficient (Wildman–Crippen LogP) is 5.24. The lowest BCUT2D eigenvalue weighted by atomic mass is 10.1. The summed E-state index contributed by atoms with van der Waals surface area (Å²) in [4.78, 5) is 4.71. The minimum Gasteiger partial charge on any atom is -0.248 e. The number of aromatic nitrogens is 1. The van der Waals surface area contributed by atoms with Crippen LogP contribution in [0.15, 0.2) is 71.2 Å². The number of fused-ring (bicyclic) bond motifs is 2. The summed E-state index contributed by atoms with van der Waals surface area (Å²) < 4.78 is 1.07. The molecule has 2 aromatic carbocycles. The summed E-state index contributed by atoms with van der Waals surface area (Å²) in [6.45, 7) is 0. The SMILES string of the molecule is Brc1ccc2nc3ccc(C#CC4C=CC=C4)cc3cc2c1. The second-order valence-corrected chi connectivity index (χ2v) is 6.21. The van der Waals surface area contributed by atoms with Crippen LogP contribution >= 0.6 is 15.9 Å². The van der Waals surface area contributed by atoms with Crippen molar-refractivity contribution < 1.29 is 0 Å². The third kappa shape index (κ3) is 2.56. The molecular formula is C20H12BrN. The fraction of sp³-hybridized carbons (Fsp3) is 0.0500. The normalized spacial score (nSPS) is 13.7. The predicted molar refractivity (Wildman–Crippen MR) is 95.6 cm³/mol. The van der Waals surface area contributed by atoms with Crippen molar-refractivity contribution in [2.75, 3.05) is 0 Å². The van der Waals surface area contributed by atoms with E-state index < -0.39 is 0 Å². The first kappa shape index (κ1) is 13.3. The Hall–Kier alpha value is -2.37. The Morgan fingerprint density at radius 3 is 2.41 bits per heavy atom. The first-order chi connectivity index (χ1) is 10.8. The van der Waals surface area contributed by atoms with Gasteiger partial charge in [0.25, 0.3) is 0 Å². The summed E-state index contributed by atoms with van der Waals surface area (Å²) in [5.41, 5.74) is 3.04. The monoisotopic (exact) mass is 345 g/mol. The summed E-state index contributed by atoms with van der Waals surface area (Å²) in [7, 11) is 0. The molecule has 4 rings (SSSR count). The molecule has 3 aromatic rings. The van der Waals surface area contributed by atoms with Crippen molar-refractivity contribution in [3.63, 3.8) is 0 Å². The number of benzene rings is 2.